The molecule has 1 heterocycles. The molecule has 0 aliphatic carbocycles. The number of aryl methyl sites for hydroxylation is 1. The number of halogens is 3. The highest BCUT2D eigenvalue weighted by molar-refractivity contribution is 5.94. The molecule has 0 bridgehead atoms. The fourth-order valence-corrected chi connectivity index (χ4v) is 2.44. The molecule has 0 unspecified atom stereocenters. The van der Waals surface area contributed by atoms with Gasteiger partial charge >= 0.3 is 6.36 Å². The molecule has 150 valence electrons. The number of rotatable bonds is 7. The Hall–Kier alpha value is -2.90. The van der Waals surface area contributed by atoms with E-state index in [1.807, 2.05) is 0 Å². The molecule has 0 radical (unpaired) electrons. The van der Waals surface area contributed by atoms with E-state index in [1.54, 1.807) is 19.9 Å². The van der Waals surface area contributed by atoms with Crippen LogP contribution in [-0.2, 0) is 17.8 Å². The molecule has 0 spiro atoms. The molecular formula is C20H21F3N2O3. The van der Waals surface area contributed by atoms with Crippen molar-refractivity contribution in [2.75, 3.05) is 0 Å². The summed E-state index contributed by atoms with van der Waals surface area (Å²) in [5.74, 6) is -0.737. The van der Waals surface area contributed by atoms with E-state index in [2.05, 4.69) is 15.0 Å². The van der Waals surface area contributed by atoms with Crippen molar-refractivity contribution in [1.82, 2.24) is 10.3 Å². The summed E-state index contributed by atoms with van der Waals surface area (Å²) < 4.78 is 40.9. The predicted octanol–water partition coefficient (Wildman–Crippen LogP) is 3.99. The zero-order valence-electron chi connectivity index (χ0n) is 15.8. The molecule has 1 aromatic carbocycles. The van der Waals surface area contributed by atoms with E-state index in [-0.39, 0.29) is 36.3 Å². The molecule has 5 nitrogen and oxygen atoms in total. The zero-order valence-corrected chi connectivity index (χ0v) is 15.8. The van der Waals surface area contributed by atoms with Crippen LogP contribution < -0.4 is 10.1 Å². The minimum Gasteiger partial charge on any atom is -0.406 e. The molecule has 0 atom stereocenters. The number of nitrogens with one attached hydrogen (secondary N) is 1. The Labute approximate surface area is 160 Å². The minimum absolute atomic E-state index is 0.0294. The molecule has 1 aromatic heterocycles. The lowest BCUT2D eigenvalue weighted by atomic mass is 10.0. The quantitative estimate of drug-likeness (QED) is 0.771. The number of pyridine rings is 1. The van der Waals surface area contributed by atoms with Crippen molar-refractivity contribution < 1.29 is 27.5 Å². The lowest BCUT2D eigenvalue weighted by Crippen LogP contribution is -2.23. The molecular weight excluding hydrogens is 373 g/mol. The summed E-state index contributed by atoms with van der Waals surface area (Å²) in [7, 11) is 0. The highest BCUT2D eigenvalue weighted by Gasteiger charge is 2.31. The van der Waals surface area contributed by atoms with Crippen LogP contribution in [0.15, 0.2) is 36.5 Å². The summed E-state index contributed by atoms with van der Waals surface area (Å²) in [4.78, 5) is 28.3. The normalized spacial score (nSPS) is 11.4. The Balaban J connectivity index is 2.00. The number of nitrogens with zero attached hydrogens (tertiary/aromatic N) is 1. The Kier molecular flexibility index (Phi) is 6.77. The number of hydrogen-bond donors (Lipinski definition) is 1. The van der Waals surface area contributed by atoms with Crippen LogP contribution in [0.2, 0.25) is 0 Å². The number of aromatic nitrogens is 1. The lowest BCUT2D eigenvalue weighted by Gasteiger charge is -2.13. The lowest BCUT2D eigenvalue weighted by molar-refractivity contribution is -0.274. The number of carbonyl (C=O) groups is 2. The van der Waals surface area contributed by atoms with E-state index in [4.69, 9.17) is 0 Å². The Morgan fingerprint density at radius 2 is 1.89 bits per heavy atom. The Morgan fingerprint density at radius 3 is 2.50 bits per heavy atom. The molecule has 0 saturated carbocycles. The smallest absolute Gasteiger partial charge is 0.406 e. The number of amides is 1. The maximum atomic E-state index is 12.3. The van der Waals surface area contributed by atoms with Gasteiger partial charge in [0.05, 0.1) is 0 Å². The second-order valence-corrected chi connectivity index (χ2v) is 6.66. The van der Waals surface area contributed by atoms with E-state index in [0.717, 1.165) is 0 Å². The summed E-state index contributed by atoms with van der Waals surface area (Å²) >= 11 is 0. The van der Waals surface area contributed by atoms with Crippen molar-refractivity contribution in [3.05, 3.63) is 58.9 Å². The van der Waals surface area contributed by atoms with Crippen LogP contribution >= 0.6 is 0 Å². The van der Waals surface area contributed by atoms with Crippen LogP contribution in [0.1, 0.15) is 41.0 Å². The first-order valence-corrected chi connectivity index (χ1v) is 8.66. The number of alkyl halides is 3. The molecule has 0 aliphatic heterocycles. The van der Waals surface area contributed by atoms with Gasteiger partial charge in [0.25, 0.3) is 5.91 Å². The van der Waals surface area contributed by atoms with Crippen molar-refractivity contribution >= 4 is 11.7 Å². The van der Waals surface area contributed by atoms with Crippen LogP contribution in [0, 0.1) is 12.8 Å². The van der Waals surface area contributed by atoms with Crippen LogP contribution in [0.4, 0.5) is 13.2 Å². The fourth-order valence-electron chi connectivity index (χ4n) is 2.44. The van der Waals surface area contributed by atoms with E-state index in [1.165, 1.54) is 37.4 Å². The Bertz CT molecular complexity index is 864. The maximum absolute atomic E-state index is 12.3. The maximum Gasteiger partial charge on any atom is 0.573 e. The molecule has 0 saturated heterocycles. The molecule has 1 N–H and O–H groups in total. The summed E-state index contributed by atoms with van der Waals surface area (Å²) in [6.45, 7) is 5.22. The van der Waals surface area contributed by atoms with Crippen LogP contribution in [0.25, 0.3) is 0 Å². The van der Waals surface area contributed by atoms with Gasteiger partial charge < -0.3 is 10.1 Å². The van der Waals surface area contributed by atoms with Gasteiger partial charge in [-0.1, -0.05) is 26.0 Å². The van der Waals surface area contributed by atoms with Crippen molar-refractivity contribution in [2.24, 2.45) is 5.92 Å². The first-order chi connectivity index (χ1) is 13.0. The van der Waals surface area contributed by atoms with Gasteiger partial charge in [-0.15, -0.1) is 13.2 Å². The highest BCUT2D eigenvalue weighted by atomic mass is 19.4. The van der Waals surface area contributed by atoms with Gasteiger partial charge in [-0.25, -0.2) is 0 Å². The molecule has 0 aliphatic rings. The molecule has 2 aromatic rings. The minimum atomic E-state index is -4.75. The van der Waals surface area contributed by atoms with E-state index in [0.29, 0.717) is 22.4 Å². The number of Topliss-reactive ketones (excluding diaryl/α,β-unsaturated/α-hetero) is 1. The van der Waals surface area contributed by atoms with Gasteiger partial charge in [0, 0.05) is 36.3 Å². The second kappa shape index (κ2) is 8.86. The van der Waals surface area contributed by atoms with Gasteiger partial charge in [0.2, 0.25) is 0 Å². The predicted molar refractivity (Wildman–Crippen MR) is 96.8 cm³/mol. The number of carbonyl (C=O) groups excluding carboxylic acids is 2. The van der Waals surface area contributed by atoms with Gasteiger partial charge in [-0.2, -0.15) is 0 Å². The molecule has 28 heavy (non-hydrogen) atoms. The topological polar surface area (TPSA) is 68.3 Å². The molecule has 0 fully saturated rings. The van der Waals surface area contributed by atoms with E-state index < -0.39 is 6.36 Å². The number of hydrogen-bond acceptors (Lipinski definition) is 4. The number of benzene rings is 1. The zero-order chi connectivity index (χ0) is 20.9. The monoisotopic (exact) mass is 394 g/mol. The van der Waals surface area contributed by atoms with Gasteiger partial charge in [0.1, 0.15) is 11.5 Å². The average molecular weight is 394 g/mol. The van der Waals surface area contributed by atoms with Crippen molar-refractivity contribution in [1.29, 1.82) is 0 Å². The third kappa shape index (κ3) is 6.37. The fraction of sp³-hybridized carbons (Fsp3) is 0.350. The standard InChI is InChI=1S/C20H21F3N2O3/c1-12(2)17(26)10-16-9-15(6-7-24-16)19(27)25-11-14-4-5-18(13(3)8-14)28-20(21,22)23/h4-9,12H,10-11H2,1-3H3,(H,25,27). The molecule has 2 rings (SSSR count). The Morgan fingerprint density at radius 1 is 1.18 bits per heavy atom. The summed E-state index contributed by atoms with van der Waals surface area (Å²) in [5.41, 5.74) is 1.80. The number of ether oxygens (including phenoxy) is 1. The first-order valence-electron chi connectivity index (χ1n) is 8.66. The largest absolute Gasteiger partial charge is 0.573 e. The molecule has 8 heteroatoms. The summed E-state index contributed by atoms with van der Waals surface area (Å²) in [5, 5.41) is 2.70. The highest BCUT2D eigenvalue weighted by Crippen LogP contribution is 2.26. The van der Waals surface area contributed by atoms with Crippen LogP contribution in [0.5, 0.6) is 5.75 Å². The summed E-state index contributed by atoms with van der Waals surface area (Å²) in [6.07, 6.45) is -3.14. The first kappa shape index (κ1) is 21.4. The third-order valence-corrected chi connectivity index (χ3v) is 4.00. The third-order valence-electron chi connectivity index (χ3n) is 4.00. The van der Waals surface area contributed by atoms with Gasteiger partial charge in [-0.3, -0.25) is 14.6 Å². The molecule has 1 amide bonds. The summed E-state index contributed by atoms with van der Waals surface area (Å²) in [6, 6.07) is 7.27. The van der Waals surface area contributed by atoms with Crippen molar-refractivity contribution in [3.63, 3.8) is 0 Å². The van der Waals surface area contributed by atoms with Crippen molar-refractivity contribution in [2.45, 2.75) is 40.1 Å². The van der Waals surface area contributed by atoms with E-state index in [9.17, 15) is 22.8 Å². The second-order valence-electron chi connectivity index (χ2n) is 6.66. The van der Waals surface area contributed by atoms with Crippen molar-refractivity contribution in [3.8, 4) is 5.75 Å². The number of ketones is 1. The van der Waals surface area contributed by atoms with Gasteiger partial charge in [-0.05, 0) is 36.2 Å². The van der Waals surface area contributed by atoms with Crippen LogP contribution in [0.3, 0.4) is 0 Å². The van der Waals surface area contributed by atoms with Gasteiger partial charge in [0.15, 0.2) is 0 Å². The average Bonchev–Trinajstić information content (AvgIpc) is 2.61. The van der Waals surface area contributed by atoms with E-state index >= 15 is 0 Å². The van der Waals surface area contributed by atoms with Crippen LogP contribution in [-0.4, -0.2) is 23.0 Å². The SMILES string of the molecule is Cc1cc(CNC(=O)c2ccnc(CC(=O)C(C)C)c2)ccc1OC(F)(F)F.